The zero-order valence-electron chi connectivity index (χ0n) is 15.5. The lowest BCUT2D eigenvalue weighted by molar-refractivity contribution is -0.125. The lowest BCUT2D eigenvalue weighted by Crippen LogP contribution is -2.40. The van der Waals surface area contributed by atoms with Gasteiger partial charge in [-0.3, -0.25) is 4.79 Å². The smallest absolute Gasteiger partial charge is 0.223 e. The van der Waals surface area contributed by atoms with Gasteiger partial charge in [-0.15, -0.1) is 0 Å². The van der Waals surface area contributed by atoms with Gasteiger partial charge in [0.1, 0.15) is 16.1 Å². The number of carbonyl (C=O) groups is 1. The number of pyridine rings is 1. The Balaban J connectivity index is 1.33. The number of piperidine rings is 1. The molecule has 0 saturated carbocycles. The summed E-state index contributed by atoms with van der Waals surface area (Å²) < 4.78 is 6.35. The third kappa shape index (κ3) is 4.12. The summed E-state index contributed by atoms with van der Waals surface area (Å²) in [7, 11) is 1.64. The SMILES string of the molecule is COc1ccc(Br)cc1CNC(=O)C1CCN(c2nc3cccnc3s2)CC1. The Labute approximate surface area is 176 Å². The highest BCUT2D eigenvalue weighted by Gasteiger charge is 2.26. The highest BCUT2D eigenvalue weighted by molar-refractivity contribution is 9.10. The van der Waals surface area contributed by atoms with Crippen molar-refractivity contribution in [3.8, 4) is 5.75 Å². The lowest BCUT2D eigenvalue weighted by atomic mass is 9.96. The largest absolute Gasteiger partial charge is 0.496 e. The second kappa shape index (κ2) is 8.45. The van der Waals surface area contributed by atoms with E-state index in [2.05, 4.69) is 36.1 Å². The molecule has 1 aromatic carbocycles. The predicted molar refractivity (Wildman–Crippen MR) is 115 cm³/mol. The van der Waals surface area contributed by atoms with Crippen molar-refractivity contribution in [1.29, 1.82) is 0 Å². The summed E-state index contributed by atoms with van der Waals surface area (Å²) >= 11 is 5.08. The van der Waals surface area contributed by atoms with Gasteiger partial charge in [0.15, 0.2) is 5.13 Å². The molecule has 1 N–H and O–H groups in total. The molecule has 2 aromatic heterocycles. The summed E-state index contributed by atoms with van der Waals surface area (Å²) in [5.41, 5.74) is 1.90. The van der Waals surface area contributed by atoms with Crippen LogP contribution in [0.25, 0.3) is 10.3 Å². The fraction of sp³-hybridized carbons (Fsp3) is 0.350. The lowest BCUT2D eigenvalue weighted by Gasteiger charge is -2.31. The van der Waals surface area contributed by atoms with Crippen LogP contribution in [0.1, 0.15) is 18.4 Å². The highest BCUT2D eigenvalue weighted by Crippen LogP contribution is 2.30. The number of nitrogens with zero attached hydrogens (tertiary/aromatic N) is 3. The van der Waals surface area contributed by atoms with Crippen molar-refractivity contribution in [3.05, 3.63) is 46.6 Å². The van der Waals surface area contributed by atoms with E-state index in [9.17, 15) is 4.79 Å². The van der Waals surface area contributed by atoms with Gasteiger partial charge in [0.2, 0.25) is 5.91 Å². The van der Waals surface area contributed by atoms with E-state index < -0.39 is 0 Å². The summed E-state index contributed by atoms with van der Waals surface area (Å²) in [5, 5.41) is 4.06. The van der Waals surface area contributed by atoms with E-state index in [-0.39, 0.29) is 11.8 Å². The van der Waals surface area contributed by atoms with E-state index in [4.69, 9.17) is 4.74 Å². The number of ether oxygens (including phenoxy) is 1. The molecular weight excluding hydrogens is 440 g/mol. The van der Waals surface area contributed by atoms with Gasteiger partial charge >= 0.3 is 0 Å². The number of thiazole rings is 1. The number of amides is 1. The van der Waals surface area contributed by atoms with E-state index in [1.807, 2.05) is 30.3 Å². The quantitative estimate of drug-likeness (QED) is 0.623. The molecule has 8 heteroatoms. The summed E-state index contributed by atoms with van der Waals surface area (Å²) in [5.74, 6) is 0.914. The molecule has 1 amide bonds. The number of anilines is 1. The molecule has 1 fully saturated rings. The van der Waals surface area contributed by atoms with Crippen LogP contribution in [0.3, 0.4) is 0 Å². The van der Waals surface area contributed by atoms with Crippen LogP contribution in [0.4, 0.5) is 5.13 Å². The standard InChI is InChI=1S/C20H21BrN4O2S/c1-27-17-5-4-15(21)11-14(17)12-23-18(26)13-6-9-25(10-7-13)20-24-16-3-2-8-22-19(16)28-20/h2-5,8,11,13H,6-7,9-10,12H2,1H3,(H,23,26). The topological polar surface area (TPSA) is 67.3 Å². The van der Waals surface area contributed by atoms with Gasteiger partial charge in [0.25, 0.3) is 0 Å². The first-order chi connectivity index (χ1) is 13.6. The maximum Gasteiger partial charge on any atom is 0.223 e. The molecule has 0 atom stereocenters. The molecule has 0 spiro atoms. The Morgan fingerprint density at radius 1 is 1.36 bits per heavy atom. The van der Waals surface area contributed by atoms with Gasteiger partial charge in [-0.1, -0.05) is 27.3 Å². The molecule has 0 aliphatic carbocycles. The monoisotopic (exact) mass is 460 g/mol. The van der Waals surface area contributed by atoms with Gasteiger partial charge in [0, 0.05) is 41.8 Å². The minimum absolute atomic E-state index is 0.0295. The number of fused-ring (bicyclic) bond motifs is 1. The van der Waals surface area contributed by atoms with Crippen LogP contribution < -0.4 is 15.0 Å². The molecule has 1 aliphatic heterocycles. The number of benzene rings is 1. The molecule has 28 heavy (non-hydrogen) atoms. The van der Waals surface area contributed by atoms with Crippen LogP contribution in [0, 0.1) is 5.92 Å². The number of rotatable bonds is 5. The van der Waals surface area contributed by atoms with Crippen LogP contribution in [0.5, 0.6) is 5.75 Å². The van der Waals surface area contributed by atoms with Gasteiger partial charge in [-0.05, 0) is 43.2 Å². The van der Waals surface area contributed by atoms with E-state index in [0.29, 0.717) is 6.54 Å². The van der Waals surface area contributed by atoms with Gasteiger partial charge in [-0.25, -0.2) is 9.97 Å². The second-order valence-electron chi connectivity index (χ2n) is 6.76. The Morgan fingerprint density at radius 3 is 2.93 bits per heavy atom. The zero-order chi connectivity index (χ0) is 19.5. The van der Waals surface area contributed by atoms with E-state index in [1.165, 1.54) is 0 Å². The molecule has 1 saturated heterocycles. The number of methoxy groups -OCH3 is 1. The maximum atomic E-state index is 12.6. The van der Waals surface area contributed by atoms with Crippen LogP contribution in [0.2, 0.25) is 0 Å². The molecule has 0 bridgehead atoms. The first-order valence-electron chi connectivity index (χ1n) is 9.20. The molecular formula is C20H21BrN4O2S. The Bertz CT molecular complexity index is 952. The molecule has 0 unspecified atom stereocenters. The molecule has 0 radical (unpaired) electrons. The van der Waals surface area contributed by atoms with E-state index in [0.717, 1.165) is 57.2 Å². The molecule has 3 heterocycles. The normalized spacial score (nSPS) is 15.0. The van der Waals surface area contributed by atoms with Gasteiger partial charge in [0.05, 0.1) is 7.11 Å². The number of hydrogen-bond acceptors (Lipinski definition) is 6. The van der Waals surface area contributed by atoms with Crippen molar-refractivity contribution >= 4 is 48.7 Å². The number of carbonyl (C=O) groups excluding carboxylic acids is 1. The van der Waals surface area contributed by atoms with Crippen molar-refractivity contribution in [2.45, 2.75) is 19.4 Å². The molecule has 3 aromatic rings. The van der Waals surface area contributed by atoms with Crippen molar-refractivity contribution in [1.82, 2.24) is 15.3 Å². The van der Waals surface area contributed by atoms with Crippen molar-refractivity contribution in [2.75, 3.05) is 25.1 Å². The fourth-order valence-corrected chi connectivity index (χ4v) is 4.81. The molecule has 6 nitrogen and oxygen atoms in total. The van der Waals surface area contributed by atoms with Crippen LogP contribution >= 0.6 is 27.3 Å². The summed E-state index contributed by atoms with van der Waals surface area (Å²) in [6.45, 7) is 2.13. The fourth-order valence-electron chi connectivity index (χ4n) is 3.44. The average Bonchev–Trinajstić information content (AvgIpc) is 3.16. The third-order valence-corrected chi connectivity index (χ3v) is 6.52. The minimum Gasteiger partial charge on any atom is -0.496 e. The van der Waals surface area contributed by atoms with E-state index >= 15 is 0 Å². The van der Waals surface area contributed by atoms with Crippen LogP contribution in [0.15, 0.2) is 41.0 Å². The number of hydrogen-bond donors (Lipinski definition) is 1. The van der Waals surface area contributed by atoms with Gasteiger partial charge < -0.3 is 15.0 Å². The molecule has 1 aliphatic rings. The Morgan fingerprint density at radius 2 is 2.18 bits per heavy atom. The number of nitrogens with one attached hydrogen (secondary N) is 1. The molecule has 4 rings (SSSR count). The predicted octanol–water partition coefficient (Wildman–Crippen LogP) is 4.00. The number of halogens is 1. The van der Waals surface area contributed by atoms with Gasteiger partial charge in [-0.2, -0.15) is 0 Å². The van der Waals surface area contributed by atoms with E-state index in [1.54, 1.807) is 24.6 Å². The first-order valence-corrected chi connectivity index (χ1v) is 10.8. The van der Waals surface area contributed by atoms with Crippen LogP contribution in [-0.4, -0.2) is 36.1 Å². The zero-order valence-corrected chi connectivity index (χ0v) is 17.9. The highest BCUT2D eigenvalue weighted by atomic mass is 79.9. The van der Waals surface area contributed by atoms with Crippen molar-refractivity contribution < 1.29 is 9.53 Å². The van der Waals surface area contributed by atoms with Crippen molar-refractivity contribution in [2.24, 2.45) is 5.92 Å². The number of aromatic nitrogens is 2. The second-order valence-corrected chi connectivity index (χ2v) is 8.63. The van der Waals surface area contributed by atoms with Crippen molar-refractivity contribution in [3.63, 3.8) is 0 Å². The van der Waals surface area contributed by atoms with Crippen LogP contribution in [-0.2, 0) is 11.3 Å². The summed E-state index contributed by atoms with van der Waals surface area (Å²) in [6.07, 6.45) is 3.44. The third-order valence-electron chi connectivity index (χ3n) is 4.99. The first kappa shape index (κ1) is 19.1. The molecule has 146 valence electrons. The maximum absolute atomic E-state index is 12.6. The Kier molecular flexibility index (Phi) is 5.77. The summed E-state index contributed by atoms with van der Waals surface area (Å²) in [6, 6.07) is 9.69. The summed E-state index contributed by atoms with van der Waals surface area (Å²) in [4.78, 5) is 24.9. The Hall–Kier alpha value is -2.19. The minimum atomic E-state index is 0.0295. The average molecular weight is 461 g/mol.